The molecule has 21 heavy (non-hydrogen) atoms. The van der Waals surface area contributed by atoms with Crippen LogP contribution in [0.4, 0.5) is 0 Å². The van der Waals surface area contributed by atoms with Crippen molar-refractivity contribution < 1.29 is 0 Å². The van der Waals surface area contributed by atoms with Crippen LogP contribution in [0.5, 0.6) is 0 Å². The SMILES string of the molecule is CCn1c(CC2=CC(N)CC(C)(C)C2)nc2ccccc21. The lowest BCUT2D eigenvalue weighted by molar-refractivity contribution is 0.299. The first kappa shape index (κ1) is 14.3. The van der Waals surface area contributed by atoms with E-state index in [2.05, 4.69) is 55.7 Å². The summed E-state index contributed by atoms with van der Waals surface area (Å²) >= 11 is 0. The number of benzene rings is 1. The van der Waals surface area contributed by atoms with Gasteiger partial charge in [0.1, 0.15) is 5.82 Å². The molecule has 1 aromatic heterocycles. The molecular formula is C18H25N3. The minimum absolute atomic E-state index is 0.184. The van der Waals surface area contributed by atoms with Gasteiger partial charge in [0.25, 0.3) is 0 Å². The maximum atomic E-state index is 6.20. The van der Waals surface area contributed by atoms with E-state index in [0.717, 1.165) is 37.1 Å². The van der Waals surface area contributed by atoms with Gasteiger partial charge in [-0.05, 0) is 37.3 Å². The van der Waals surface area contributed by atoms with Crippen molar-refractivity contribution in [3.05, 3.63) is 41.7 Å². The number of hydrogen-bond acceptors (Lipinski definition) is 2. The Morgan fingerprint density at radius 2 is 2.10 bits per heavy atom. The third kappa shape index (κ3) is 2.88. The van der Waals surface area contributed by atoms with Crippen LogP contribution < -0.4 is 5.73 Å². The molecule has 0 aliphatic heterocycles. The first-order chi connectivity index (χ1) is 9.98. The second-order valence-corrected chi connectivity index (χ2v) is 6.97. The topological polar surface area (TPSA) is 43.8 Å². The zero-order valence-corrected chi connectivity index (χ0v) is 13.3. The molecule has 112 valence electrons. The highest BCUT2D eigenvalue weighted by Crippen LogP contribution is 2.36. The van der Waals surface area contributed by atoms with E-state index in [9.17, 15) is 0 Å². The van der Waals surface area contributed by atoms with E-state index in [1.165, 1.54) is 11.1 Å². The Balaban J connectivity index is 1.95. The molecule has 2 N–H and O–H groups in total. The van der Waals surface area contributed by atoms with Gasteiger partial charge in [0.2, 0.25) is 0 Å². The summed E-state index contributed by atoms with van der Waals surface area (Å²) in [6.07, 6.45) is 5.36. The van der Waals surface area contributed by atoms with Gasteiger partial charge in [-0.25, -0.2) is 4.98 Å². The van der Waals surface area contributed by atoms with Gasteiger partial charge < -0.3 is 10.3 Å². The number of aromatic nitrogens is 2. The third-order valence-corrected chi connectivity index (χ3v) is 4.38. The average Bonchev–Trinajstić information content (AvgIpc) is 2.73. The van der Waals surface area contributed by atoms with Crippen molar-refractivity contribution in [2.75, 3.05) is 0 Å². The van der Waals surface area contributed by atoms with Crippen LogP contribution in [0.15, 0.2) is 35.9 Å². The molecule has 0 amide bonds. The number of aryl methyl sites for hydroxylation is 1. The van der Waals surface area contributed by atoms with Gasteiger partial charge in [0.05, 0.1) is 11.0 Å². The Bertz CT molecular complexity index is 679. The molecule has 0 bridgehead atoms. The van der Waals surface area contributed by atoms with Crippen LogP contribution in [-0.2, 0) is 13.0 Å². The average molecular weight is 283 g/mol. The van der Waals surface area contributed by atoms with Gasteiger partial charge in [0, 0.05) is 19.0 Å². The molecule has 1 heterocycles. The minimum Gasteiger partial charge on any atom is -0.328 e. The van der Waals surface area contributed by atoms with Crippen molar-refractivity contribution in [1.82, 2.24) is 9.55 Å². The predicted molar refractivity (Wildman–Crippen MR) is 88.2 cm³/mol. The number of nitrogens with two attached hydrogens (primary N) is 1. The first-order valence-corrected chi connectivity index (χ1v) is 7.88. The lowest BCUT2D eigenvalue weighted by atomic mass is 9.75. The van der Waals surface area contributed by atoms with Crippen LogP contribution in [0.25, 0.3) is 11.0 Å². The van der Waals surface area contributed by atoms with Crippen molar-refractivity contribution in [3.8, 4) is 0 Å². The zero-order chi connectivity index (χ0) is 15.0. The van der Waals surface area contributed by atoms with E-state index in [0.29, 0.717) is 5.41 Å². The van der Waals surface area contributed by atoms with Gasteiger partial charge >= 0.3 is 0 Å². The second kappa shape index (κ2) is 5.30. The molecule has 3 heteroatoms. The second-order valence-electron chi connectivity index (χ2n) is 6.97. The molecule has 1 unspecified atom stereocenters. The molecule has 1 atom stereocenters. The van der Waals surface area contributed by atoms with E-state index in [-0.39, 0.29) is 6.04 Å². The van der Waals surface area contributed by atoms with E-state index < -0.39 is 0 Å². The Morgan fingerprint density at radius 3 is 2.81 bits per heavy atom. The quantitative estimate of drug-likeness (QED) is 0.873. The molecular weight excluding hydrogens is 258 g/mol. The molecule has 3 rings (SSSR count). The molecule has 0 radical (unpaired) electrons. The summed E-state index contributed by atoms with van der Waals surface area (Å²) in [4.78, 5) is 4.83. The molecule has 3 nitrogen and oxygen atoms in total. The molecule has 1 aromatic carbocycles. The Morgan fingerprint density at radius 1 is 1.33 bits per heavy atom. The summed E-state index contributed by atoms with van der Waals surface area (Å²) < 4.78 is 2.32. The molecule has 1 aliphatic rings. The van der Waals surface area contributed by atoms with Gasteiger partial charge in [-0.15, -0.1) is 0 Å². The van der Waals surface area contributed by atoms with Crippen LogP contribution in [-0.4, -0.2) is 15.6 Å². The maximum absolute atomic E-state index is 6.20. The summed E-state index contributed by atoms with van der Waals surface area (Å²) in [6, 6.07) is 8.57. The fourth-order valence-electron chi connectivity index (χ4n) is 3.68. The first-order valence-electron chi connectivity index (χ1n) is 7.88. The molecule has 0 spiro atoms. The van der Waals surface area contributed by atoms with Crippen molar-refractivity contribution in [1.29, 1.82) is 0 Å². The minimum atomic E-state index is 0.184. The van der Waals surface area contributed by atoms with Crippen LogP contribution in [0.3, 0.4) is 0 Å². The monoisotopic (exact) mass is 283 g/mol. The van der Waals surface area contributed by atoms with Crippen molar-refractivity contribution in [2.45, 2.75) is 52.6 Å². The van der Waals surface area contributed by atoms with Crippen LogP contribution in [0, 0.1) is 5.41 Å². The van der Waals surface area contributed by atoms with Gasteiger partial charge in [-0.1, -0.05) is 37.6 Å². The summed E-state index contributed by atoms with van der Waals surface area (Å²) in [6.45, 7) is 7.76. The smallest absolute Gasteiger partial charge is 0.113 e. The number of imidazole rings is 1. The zero-order valence-electron chi connectivity index (χ0n) is 13.3. The highest BCUT2D eigenvalue weighted by Gasteiger charge is 2.27. The molecule has 0 fully saturated rings. The van der Waals surface area contributed by atoms with Crippen molar-refractivity contribution in [2.24, 2.45) is 11.1 Å². The van der Waals surface area contributed by atoms with E-state index in [4.69, 9.17) is 10.7 Å². The van der Waals surface area contributed by atoms with Crippen LogP contribution in [0.1, 0.15) is 39.4 Å². The number of rotatable bonds is 3. The number of nitrogens with zero attached hydrogens (tertiary/aromatic N) is 2. The molecule has 1 aliphatic carbocycles. The number of fused-ring (bicyclic) bond motifs is 1. The summed E-state index contributed by atoms with van der Waals surface area (Å²) in [5.74, 6) is 1.16. The van der Waals surface area contributed by atoms with Gasteiger partial charge in [-0.3, -0.25) is 0 Å². The Kier molecular flexibility index (Phi) is 3.62. The fourth-order valence-corrected chi connectivity index (χ4v) is 3.68. The highest BCUT2D eigenvalue weighted by atomic mass is 15.1. The Hall–Kier alpha value is -1.61. The summed E-state index contributed by atoms with van der Waals surface area (Å²) in [7, 11) is 0. The van der Waals surface area contributed by atoms with Gasteiger partial charge in [-0.2, -0.15) is 0 Å². The van der Waals surface area contributed by atoms with Gasteiger partial charge in [0.15, 0.2) is 0 Å². The summed E-state index contributed by atoms with van der Waals surface area (Å²) in [5, 5.41) is 0. The molecule has 0 saturated heterocycles. The summed E-state index contributed by atoms with van der Waals surface area (Å²) in [5.41, 5.74) is 10.3. The molecule has 2 aromatic rings. The maximum Gasteiger partial charge on any atom is 0.113 e. The van der Waals surface area contributed by atoms with Crippen molar-refractivity contribution in [3.63, 3.8) is 0 Å². The number of para-hydroxylation sites is 2. The number of allylic oxidation sites excluding steroid dienone is 1. The van der Waals surface area contributed by atoms with Crippen molar-refractivity contribution >= 4 is 11.0 Å². The Labute approximate surface area is 126 Å². The van der Waals surface area contributed by atoms with E-state index >= 15 is 0 Å². The lowest BCUT2D eigenvalue weighted by Gasteiger charge is -2.33. The van der Waals surface area contributed by atoms with Crippen LogP contribution in [0.2, 0.25) is 0 Å². The standard InChI is InChI=1S/C18H25N3/c1-4-21-16-8-6-5-7-15(16)20-17(21)10-13-9-14(19)12-18(2,3)11-13/h5-9,14H,4,10-12,19H2,1-3H3. The van der Waals surface area contributed by atoms with E-state index in [1.807, 2.05) is 0 Å². The largest absolute Gasteiger partial charge is 0.328 e. The third-order valence-electron chi connectivity index (χ3n) is 4.38. The van der Waals surface area contributed by atoms with E-state index in [1.54, 1.807) is 0 Å². The normalized spacial score (nSPS) is 21.5. The fraction of sp³-hybridized carbons (Fsp3) is 0.500. The van der Waals surface area contributed by atoms with Crippen LogP contribution >= 0.6 is 0 Å². The predicted octanol–water partition coefficient (Wildman–Crippen LogP) is 3.67. The molecule has 0 saturated carbocycles. The lowest BCUT2D eigenvalue weighted by Crippen LogP contribution is -2.31. The number of hydrogen-bond donors (Lipinski definition) is 1. The highest BCUT2D eigenvalue weighted by molar-refractivity contribution is 5.76.